The Labute approximate surface area is 215 Å². The first-order chi connectivity index (χ1) is 18.0. The largest absolute Gasteiger partial charge is 0.490 e. The summed E-state index contributed by atoms with van der Waals surface area (Å²) in [5.41, 5.74) is 5.09. The van der Waals surface area contributed by atoms with Gasteiger partial charge in [0.15, 0.2) is 18.1 Å². The molecule has 1 heterocycles. The van der Waals surface area contributed by atoms with Crippen molar-refractivity contribution in [2.24, 2.45) is 0 Å². The summed E-state index contributed by atoms with van der Waals surface area (Å²) in [5.74, 6) is -0.488. The van der Waals surface area contributed by atoms with Crippen molar-refractivity contribution in [2.45, 2.75) is 13.3 Å². The van der Waals surface area contributed by atoms with Crippen LogP contribution >= 0.6 is 0 Å². The van der Waals surface area contributed by atoms with Crippen molar-refractivity contribution in [1.29, 1.82) is 0 Å². The number of carbonyl (C=O) groups is 3. The van der Waals surface area contributed by atoms with Crippen LogP contribution in [0.15, 0.2) is 91.0 Å². The summed E-state index contributed by atoms with van der Waals surface area (Å²) in [6.07, 6.45) is 3.63. The van der Waals surface area contributed by atoms with Crippen LogP contribution in [0, 0.1) is 0 Å². The van der Waals surface area contributed by atoms with E-state index in [0.717, 1.165) is 0 Å². The highest BCUT2D eigenvalue weighted by Crippen LogP contribution is 2.35. The Morgan fingerprint density at radius 3 is 2.41 bits per heavy atom. The standard InChI is InChI=1S/C29H27N3O5/c1-3-11-21-16-20(17-24-28(34)31-32(29(24)35)23-14-9-6-10-15-23)18-25(36-4-2)27(21)37-19-26(33)30-22-12-7-5-8-13-22/h3,5-10,12-18H,1,4,11,19H2,2H3,(H,30,33)(H,31,34)/b24-17-. The van der Waals surface area contributed by atoms with Crippen LogP contribution < -0.4 is 25.2 Å². The van der Waals surface area contributed by atoms with Gasteiger partial charge in [-0.25, -0.2) is 5.01 Å². The Hall–Kier alpha value is -4.85. The lowest BCUT2D eigenvalue weighted by Gasteiger charge is -2.17. The number of anilines is 2. The molecule has 0 aliphatic carbocycles. The minimum Gasteiger partial charge on any atom is -0.490 e. The number of carbonyl (C=O) groups excluding carboxylic acids is 3. The Morgan fingerprint density at radius 2 is 1.73 bits per heavy atom. The molecule has 1 aliphatic heterocycles. The Bertz CT molecular complexity index is 1340. The van der Waals surface area contributed by atoms with Crippen LogP contribution in [0.2, 0.25) is 0 Å². The van der Waals surface area contributed by atoms with Crippen LogP contribution in [0.3, 0.4) is 0 Å². The molecule has 0 aromatic heterocycles. The minimum absolute atomic E-state index is 0.00763. The van der Waals surface area contributed by atoms with Gasteiger partial charge >= 0.3 is 0 Å². The molecule has 1 fully saturated rings. The first-order valence-corrected chi connectivity index (χ1v) is 11.8. The molecule has 2 N–H and O–H groups in total. The molecule has 0 radical (unpaired) electrons. The van der Waals surface area contributed by atoms with E-state index in [4.69, 9.17) is 9.47 Å². The number of hydrogen-bond donors (Lipinski definition) is 2. The number of allylic oxidation sites excluding steroid dienone is 1. The zero-order chi connectivity index (χ0) is 26.2. The van der Waals surface area contributed by atoms with Gasteiger partial charge < -0.3 is 14.8 Å². The number of ether oxygens (including phenoxy) is 2. The van der Waals surface area contributed by atoms with E-state index in [1.807, 2.05) is 31.2 Å². The van der Waals surface area contributed by atoms with Gasteiger partial charge in [-0.2, -0.15) is 0 Å². The van der Waals surface area contributed by atoms with E-state index in [9.17, 15) is 14.4 Å². The van der Waals surface area contributed by atoms with Gasteiger partial charge in [0.2, 0.25) is 0 Å². The highest BCUT2D eigenvalue weighted by Gasteiger charge is 2.34. The van der Waals surface area contributed by atoms with Gasteiger partial charge in [0, 0.05) is 11.3 Å². The van der Waals surface area contributed by atoms with Gasteiger partial charge in [-0.1, -0.05) is 42.5 Å². The summed E-state index contributed by atoms with van der Waals surface area (Å²) in [7, 11) is 0. The van der Waals surface area contributed by atoms with Crippen LogP contribution in [0.1, 0.15) is 18.1 Å². The number of hydrazine groups is 1. The molecule has 0 spiro atoms. The number of nitrogens with one attached hydrogen (secondary N) is 2. The van der Waals surface area contributed by atoms with Crippen molar-refractivity contribution in [3.05, 3.63) is 102 Å². The van der Waals surface area contributed by atoms with Crippen LogP contribution in [0.4, 0.5) is 11.4 Å². The molecule has 8 nitrogen and oxygen atoms in total. The fourth-order valence-corrected chi connectivity index (χ4v) is 3.84. The molecule has 3 amide bonds. The van der Waals surface area contributed by atoms with Crippen LogP contribution in [-0.4, -0.2) is 30.9 Å². The van der Waals surface area contributed by atoms with Gasteiger partial charge in [0.25, 0.3) is 17.7 Å². The highest BCUT2D eigenvalue weighted by atomic mass is 16.5. The molecule has 4 rings (SSSR count). The van der Waals surface area contributed by atoms with Crippen molar-refractivity contribution in [1.82, 2.24) is 5.43 Å². The second-order valence-corrected chi connectivity index (χ2v) is 8.11. The van der Waals surface area contributed by atoms with Crippen LogP contribution in [-0.2, 0) is 20.8 Å². The van der Waals surface area contributed by atoms with Crippen LogP contribution in [0.5, 0.6) is 11.5 Å². The lowest BCUT2D eigenvalue weighted by molar-refractivity contribution is -0.118. The van der Waals surface area contributed by atoms with Crippen molar-refractivity contribution >= 4 is 35.2 Å². The third-order valence-corrected chi connectivity index (χ3v) is 5.44. The molecule has 3 aromatic rings. The molecule has 3 aromatic carbocycles. The predicted molar refractivity (Wildman–Crippen MR) is 142 cm³/mol. The summed E-state index contributed by atoms with van der Waals surface area (Å²) in [4.78, 5) is 38.1. The average molecular weight is 498 g/mol. The Kier molecular flexibility index (Phi) is 8.00. The summed E-state index contributed by atoms with van der Waals surface area (Å²) in [6, 6.07) is 21.4. The van der Waals surface area contributed by atoms with Crippen LogP contribution in [0.25, 0.3) is 6.08 Å². The van der Waals surface area contributed by atoms with Crippen molar-refractivity contribution in [3.8, 4) is 11.5 Å². The quantitative estimate of drug-likeness (QED) is 0.247. The molecular formula is C29H27N3O5. The number of benzene rings is 3. The zero-order valence-corrected chi connectivity index (χ0v) is 20.4. The summed E-state index contributed by atoms with van der Waals surface area (Å²) < 4.78 is 11.7. The third kappa shape index (κ3) is 6.05. The van der Waals surface area contributed by atoms with E-state index < -0.39 is 11.8 Å². The fourth-order valence-electron chi connectivity index (χ4n) is 3.84. The summed E-state index contributed by atoms with van der Waals surface area (Å²) in [6.45, 7) is 5.76. The van der Waals surface area contributed by atoms with Crippen molar-refractivity contribution in [2.75, 3.05) is 23.5 Å². The van der Waals surface area contributed by atoms with Gasteiger partial charge in [0.1, 0.15) is 5.57 Å². The number of para-hydroxylation sites is 2. The molecule has 0 saturated carbocycles. The van der Waals surface area contributed by atoms with Gasteiger partial charge in [-0.3, -0.25) is 19.8 Å². The minimum atomic E-state index is -0.505. The summed E-state index contributed by atoms with van der Waals surface area (Å²) >= 11 is 0. The summed E-state index contributed by atoms with van der Waals surface area (Å²) in [5, 5.41) is 3.99. The van der Waals surface area contributed by atoms with E-state index in [0.29, 0.717) is 47.0 Å². The average Bonchev–Trinajstić information content (AvgIpc) is 3.18. The maximum atomic E-state index is 13.0. The van der Waals surface area contributed by atoms with E-state index in [-0.39, 0.29) is 18.1 Å². The second-order valence-electron chi connectivity index (χ2n) is 8.11. The van der Waals surface area contributed by atoms with E-state index >= 15 is 0 Å². The maximum Gasteiger partial charge on any atom is 0.282 e. The molecule has 0 atom stereocenters. The number of nitrogens with zero attached hydrogens (tertiary/aromatic N) is 1. The van der Waals surface area contributed by atoms with Crippen molar-refractivity contribution < 1.29 is 23.9 Å². The smallest absolute Gasteiger partial charge is 0.282 e. The Morgan fingerprint density at radius 1 is 1.03 bits per heavy atom. The zero-order valence-electron chi connectivity index (χ0n) is 20.4. The van der Waals surface area contributed by atoms with E-state index in [2.05, 4.69) is 17.3 Å². The predicted octanol–water partition coefficient (Wildman–Crippen LogP) is 4.29. The van der Waals surface area contributed by atoms with E-state index in [1.54, 1.807) is 54.6 Å². The van der Waals surface area contributed by atoms with Gasteiger partial charge in [0.05, 0.1) is 12.3 Å². The monoisotopic (exact) mass is 497 g/mol. The normalized spacial score (nSPS) is 13.9. The molecule has 188 valence electrons. The molecular weight excluding hydrogens is 470 g/mol. The van der Waals surface area contributed by atoms with E-state index in [1.165, 1.54) is 11.1 Å². The maximum absolute atomic E-state index is 13.0. The van der Waals surface area contributed by atoms with Gasteiger partial charge in [-0.05, 0) is 61.4 Å². The third-order valence-electron chi connectivity index (χ3n) is 5.44. The topological polar surface area (TPSA) is 97.0 Å². The SMILES string of the molecule is C=CCc1cc(/C=C2/C(=O)NN(c3ccccc3)C2=O)cc(OCC)c1OCC(=O)Nc1ccccc1. The lowest BCUT2D eigenvalue weighted by Crippen LogP contribution is -2.35. The lowest BCUT2D eigenvalue weighted by atomic mass is 10.0. The fraction of sp³-hybridized carbons (Fsp3) is 0.138. The molecule has 1 saturated heterocycles. The van der Waals surface area contributed by atoms with Gasteiger partial charge in [-0.15, -0.1) is 6.58 Å². The molecule has 0 bridgehead atoms. The molecule has 8 heteroatoms. The molecule has 0 unspecified atom stereocenters. The first kappa shape index (κ1) is 25.2. The molecule has 1 aliphatic rings. The Balaban J connectivity index is 1.60. The number of amides is 3. The van der Waals surface area contributed by atoms with Crippen molar-refractivity contribution in [3.63, 3.8) is 0 Å². The second kappa shape index (κ2) is 11.7. The number of hydrogen-bond acceptors (Lipinski definition) is 5. The highest BCUT2D eigenvalue weighted by molar-refractivity contribution is 6.31. The first-order valence-electron chi connectivity index (χ1n) is 11.8. The number of rotatable bonds is 10. The molecule has 37 heavy (non-hydrogen) atoms.